The van der Waals surface area contributed by atoms with Gasteiger partial charge < -0.3 is 15.2 Å². The molecule has 2 N–H and O–H groups in total. The van der Waals surface area contributed by atoms with E-state index in [1.807, 2.05) is 0 Å². The van der Waals surface area contributed by atoms with E-state index in [2.05, 4.69) is 21.2 Å². The molecule has 0 saturated carbocycles. The first-order chi connectivity index (χ1) is 9.49. The van der Waals surface area contributed by atoms with E-state index in [1.54, 1.807) is 37.3 Å². The Bertz CT molecular complexity index is 528. The third-order valence-corrected chi connectivity index (χ3v) is 3.11. The number of aliphatic carboxylic acids is 1. The predicted molar refractivity (Wildman–Crippen MR) is 79.0 cm³/mol. The van der Waals surface area contributed by atoms with Gasteiger partial charge >= 0.3 is 5.97 Å². The SMILES string of the molecule is C/C=C/CC(NC(=O)c1ccc(Br)cc1OC)C(=O)O. The fourth-order valence-corrected chi connectivity index (χ4v) is 1.92. The lowest BCUT2D eigenvalue weighted by Gasteiger charge is -2.14. The first-order valence-corrected chi connectivity index (χ1v) is 6.77. The number of methoxy groups -OCH3 is 1. The summed E-state index contributed by atoms with van der Waals surface area (Å²) in [5, 5.41) is 11.6. The first-order valence-electron chi connectivity index (χ1n) is 5.98. The van der Waals surface area contributed by atoms with Crippen LogP contribution in [0.1, 0.15) is 23.7 Å². The number of nitrogens with one attached hydrogen (secondary N) is 1. The van der Waals surface area contributed by atoms with Gasteiger partial charge in [0.05, 0.1) is 12.7 Å². The Hall–Kier alpha value is -1.82. The molecular weight excluding hydrogens is 326 g/mol. The number of amides is 1. The summed E-state index contributed by atoms with van der Waals surface area (Å²) in [6.07, 6.45) is 3.66. The van der Waals surface area contributed by atoms with E-state index in [0.717, 1.165) is 4.47 Å². The van der Waals surface area contributed by atoms with Gasteiger partial charge in [-0.2, -0.15) is 0 Å². The minimum Gasteiger partial charge on any atom is -0.496 e. The van der Waals surface area contributed by atoms with E-state index in [4.69, 9.17) is 9.84 Å². The van der Waals surface area contributed by atoms with Crippen molar-refractivity contribution in [3.8, 4) is 5.75 Å². The lowest BCUT2D eigenvalue weighted by molar-refractivity contribution is -0.139. The van der Waals surface area contributed by atoms with Gasteiger partial charge in [0.15, 0.2) is 0 Å². The molecule has 5 nitrogen and oxygen atoms in total. The van der Waals surface area contributed by atoms with Crippen molar-refractivity contribution in [2.75, 3.05) is 7.11 Å². The number of ether oxygens (including phenoxy) is 1. The van der Waals surface area contributed by atoms with Crippen LogP contribution in [-0.4, -0.2) is 30.1 Å². The summed E-state index contributed by atoms with van der Waals surface area (Å²) in [6.45, 7) is 1.79. The maximum absolute atomic E-state index is 12.1. The molecule has 1 amide bonds. The molecule has 0 radical (unpaired) electrons. The van der Waals surface area contributed by atoms with Crippen LogP contribution < -0.4 is 10.1 Å². The molecule has 0 spiro atoms. The van der Waals surface area contributed by atoms with E-state index >= 15 is 0 Å². The molecule has 0 bridgehead atoms. The number of carbonyl (C=O) groups is 2. The molecule has 0 aromatic heterocycles. The Labute approximate surface area is 125 Å². The molecule has 0 aliphatic carbocycles. The molecule has 0 aliphatic heterocycles. The second-order valence-electron chi connectivity index (χ2n) is 4.01. The zero-order chi connectivity index (χ0) is 15.1. The largest absolute Gasteiger partial charge is 0.496 e. The second-order valence-corrected chi connectivity index (χ2v) is 4.93. The van der Waals surface area contributed by atoms with Crippen molar-refractivity contribution in [1.82, 2.24) is 5.32 Å². The molecule has 0 fully saturated rings. The average Bonchev–Trinajstić information content (AvgIpc) is 2.42. The third kappa shape index (κ3) is 4.38. The smallest absolute Gasteiger partial charge is 0.326 e. The Morgan fingerprint density at radius 2 is 2.20 bits per heavy atom. The highest BCUT2D eigenvalue weighted by atomic mass is 79.9. The van der Waals surface area contributed by atoms with Crippen LogP contribution in [0.15, 0.2) is 34.8 Å². The molecular formula is C14H16BrNO4. The van der Waals surface area contributed by atoms with Crippen LogP contribution in [0.3, 0.4) is 0 Å². The number of carboxylic acid groups (broad SMARTS) is 1. The summed E-state index contributed by atoms with van der Waals surface area (Å²) in [4.78, 5) is 23.2. The van der Waals surface area contributed by atoms with Gasteiger partial charge in [-0.25, -0.2) is 4.79 Å². The molecule has 0 saturated heterocycles. The van der Waals surface area contributed by atoms with Crippen LogP contribution in [0, 0.1) is 0 Å². The second kappa shape index (κ2) is 7.69. The molecule has 108 valence electrons. The first kappa shape index (κ1) is 16.2. The quantitative estimate of drug-likeness (QED) is 0.780. The van der Waals surface area contributed by atoms with Gasteiger partial charge in [0.1, 0.15) is 11.8 Å². The normalized spacial score (nSPS) is 12.2. The lowest BCUT2D eigenvalue weighted by Crippen LogP contribution is -2.40. The van der Waals surface area contributed by atoms with E-state index in [1.165, 1.54) is 7.11 Å². The molecule has 1 rings (SSSR count). The number of carbonyl (C=O) groups excluding carboxylic acids is 1. The van der Waals surface area contributed by atoms with Crippen LogP contribution in [0.2, 0.25) is 0 Å². The van der Waals surface area contributed by atoms with Gasteiger partial charge in [-0.3, -0.25) is 4.79 Å². The molecule has 6 heteroatoms. The lowest BCUT2D eigenvalue weighted by atomic mass is 10.1. The van der Waals surface area contributed by atoms with Gasteiger partial charge in [-0.05, 0) is 31.5 Å². The van der Waals surface area contributed by atoms with Gasteiger partial charge in [0, 0.05) is 4.47 Å². The Morgan fingerprint density at radius 3 is 2.75 bits per heavy atom. The monoisotopic (exact) mass is 341 g/mol. The molecule has 1 aromatic carbocycles. The fraction of sp³-hybridized carbons (Fsp3) is 0.286. The summed E-state index contributed by atoms with van der Waals surface area (Å²) >= 11 is 3.28. The molecule has 1 aromatic rings. The fourth-order valence-electron chi connectivity index (χ4n) is 1.58. The summed E-state index contributed by atoms with van der Waals surface area (Å²) < 4.78 is 5.89. The van der Waals surface area contributed by atoms with Gasteiger partial charge in [-0.15, -0.1) is 0 Å². The summed E-state index contributed by atoms with van der Waals surface area (Å²) in [5.41, 5.74) is 0.294. The highest BCUT2D eigenvalue weighted by molar-refractivity contribution is 9.10. The Balaban J connectivity index is 2.91. The van der Waals surface area contributed by atoms with Gasteiger partial charge in [0.2, 0.25) is 0 Å². The molecule has 1 unspecified atom stereocenters. The predicted octanol–water partition coefficient (Wildman–Crippen LogP) is 2.61. The highest BCUT2D eigenvalue weighted by Crippen LogP contribution is 2.23. The van der Waals surface area contributed by atoms with Crippen LogP contribution in [-0.2, 0) is 4.79 Å². The number of carboxylic acids is 1. The van der Waals surface area contributed by atoms with E-state index in [-0.39, 0.29) is 6.42 Å². The average molecular weight is 342 g/mol. The van der Waals surface area contributed by atoms with Crippen LogP contribution in [0.5, 0.6) is 5.75 Å². The number of benzene rings is 1. The molecule has 20 heavy (non-hydrogen) atoms. The Kier molecular flexibility index (Phi) is 6.24. The maximum Gasteiger partial charge on any atom is 0.326 e. The number of hydrogen-bond acceptors (Lipinski definition) is 3. The van der Waals surface area contributed by atoms with E-state index in [0.29, 0.717) is 11.3 Å². The number of hydrogen-bond donors (Lipinski definition) is 2. The van der Waals surface area contributed by atoms with Crippen LogP contribution in [0.4, 0.5) is 0 Å². The standard InChI is InChI=1S/C14H16BrNO4/c1-3-4-5-11(14(18)19)16-13(17)10-7-6-9(15)8-12(10)20-2/h3-4,6-8,11H,5H2,1-2H3,(H,16,17)(H,18,19)/b4-3+. The molecule has 0 aliphatic rings. The minimum atomic E-state index is -1.08. The van der Waals surface area contributed by atoms with Crippen molar-refractivity contribution in [2.45, 2.75) is 19.4 Å². The summed E-state index contributed by atoms with van der Waals surface area (Å²) in [7, 11) is 1.45. The van der Waals surface area contributed by atoms with Crippen molar-refractivity contribution in [2.24, 2.45) is 0 Å². The number of rotatable bonds is 6. The zero-order valence-corrected chi connectivity index (χ0v) is 12.8. The van der Waals surface area contributed by atoms with Crippen molar-refractivity contribution in [1.29, 1.82) is 0 Å². The topological polar surface area (TPSA) is 75.6 Å². The maximum atomic E-state index is 12.1. The highest BCUT2D eigenvalue weighted by Gasteiger charge is 2.21. The van der Waals surface area contributed by atoms with Gasteiger partial charge in [-0.1, -0.05) is 28.1 Å². The van der Waals surface area contributed by atoms with Gasteiger partial charge in [0.25, 0.3) is 5.91 Å². The molecule has 1 atom stereocenters. The Morgan fingerprint density at radius 1 is 1.50 bits per heavy atom. The van der Waals surface area contributed by atoms with Crippen LogP contribution in [0.25, 0.3) is 0 Å². The third-order valence-electron chi connectivity index (χ3n) is 2.62. The van der Waals surface area contributed by atoms with Crippen molar-refractivity contribution in [3.05, 3.63) is 40.4 Å². The zero-order valence-electron chi connectivity index (χ0n) is 11.2. The van der Waals surface area contributed by atoms with E-state index in [9.17, 15) is 9.59 Å². The summed E-state index contributed by atoms with van der Waals surface area (Å²) in [6, 6.07) is 3.95. The number of halogens is 1. The van der Waals surface area contributed by atoms with Crippen LogP contribution >= 0.6 is 15.9 Å². The number of allylic oxidation sites excluding steroid dienone is 1. The van der Waals surface area contributed by atoms with Crippen molar-refractivity contribution in [3.63, 3.8) is 0 Å². The molecule has 0 heterocycles. The van der Waals surface area contributed by atoms with Crippen molar-refractivity contribution >= 4 is 27.8 Å². The van der Waals surface area contributed by atoms with E-state index < -0.39 is 17.9 Å². The summed E-state index contributed by atoms with van der Waals surface area (Å²) in [5.74, 6) is -1.18. The minimum absolute atomic E-state index is 0.233. The van der Waals surface area contributed by atoms with Crippen molar-refractivity contribution < 1.29 is 19.4 Å².